The van der Waals surface area contributed by atoms with Gasteiger partial charge in [0, 0.05) is 30.1 Å². The van der Waals surface area contributed by atoms with Crippen molar-refractivity contribution in [1.29, 1.82) is 5.26 Å². The Morgan fingerprint density at radius 1 is 1.16 bits per heavy atom. The zero-order valence-electron chi connectivity index (χ0n) is 24.4. The lowest BCUT2D eigenvalue weighted by Gasteiger charge is -2.32. The van der Waals surface area contributed by atoms with Crippen molar-refractivity contribution in [2.45, 2.75) is 51.9 Å². The van der Waals surface area contributed by atoms with E-state index in [9.17, 15) is 14.3 Å². The van der Waals surface area contributed by atoms with Gasteiger partial charge in [-0.05, 0) is 75.2 Å². The highest BCUT2D eigenvalue weighted by atomic mass is 19.1. The number of nitrogens with zero attached hydrogens (tertiary/aromatic N) is 7. The average molecular weight is 594 g/mol. The Kier molecular flexibility index (Phi) is 8.34. The van der Waals surface area contributed by atoms with Gasteiger partial charge in [-0.1, -0.05) is 12.1 Å². The van der Waals surface area contributed by atoms with E-state index in [2.05, 4.69) is 30.9 Å². The molecule has 224 valence electrons. The number of nitriles is 1. The minimum atomic E-state index is -0.970. The van der Waals surface area contributed by atoms with Crippen LogP contribution in [-0.4, -0.2) is 53.2 Å². The second-order valence-electron chi connectivity index (χ2n) is 10.9. The fraction of sp³-hybridized carbons (Fsp3) is 0.303. The molecule has 5 aromatic rings. The van der Waals surface area contributed by atoms with Crippen LogP contribution in [0, 0.1) is 17.1 Å². The number of pyridine rings is 1. The van der Waals surface area contributed by atoms with Crippen molar-refractivity contribution in [3.8, 4) is 11.9 Å². The third-order valence-electron chi connectivity index (χ3n) is 8.27. The minimum absolute atomic E-state index is 0.0249. The average Bonchev–Trinajstić information content (AvgIpc) is 3.64. The lowest BCUT2D eigenvalue weighted by molar-refractivity contribution is 0.0697. The van der Waals surface area contributed by atoms with E-state index in [1.54, 1.807) is 42.9 Å². The summed E-state index contributed by atoms with van der Waals surface area (Å²) in [6, 6.07) is 15.3. The molecule has 0 amide bonds. The number of hydrogen-bond acceptors (Lipinski definition) is 7. The molecule has 0 radical (unpaired) electrons. The van der Waals surface area contributed by atoms with Gasteiger partial charge in [0.2, 0.25) is 5.88 Å². The van der Waals surface area contributed by atoms with Crippen LogP contribution in [0.1, 0.15) is 64.2 Å². The van der Waals surface area contributed by atoms with Crippen LogP contribution in [0.15, 0.2) is 67.3 Å². The molecular formula is C33H32FN7O3. The summed E-state index contributed by atoms with van der Waals surface area (Å²) < 4.78 is 24.6. The maximum absolute atomic E-state index is 14.4. The molecule has 3 aromatic heterocycles. The van der Waals surface area contributed by atoms with Crippen LogP contribution in [0.2, 0.25) is 0 Å². The van der Waals surface area contributed by atoms with Crippen LogP contribution < -0.4 is 4.74 Å². The SMILES string of the molecule is CCn1cncc1Cn1c(CN2CCC(c3cccnc3OCc3ccc(C#N)cc3F)CC2)nc2ccc(C(=O)O)cc21. The van der Waals surface area contributed by atoms with Crippen LogP contribution >= 0.6 is 0 Å². The predicted molar refractivity (Wildman–Crippen MR) is 161 cm³/mol. The highest BCUT2D eigenvalue weighted by molar-refractivity contribution is 5.92. The van der Waals surface area contributed by atoms with Crippen molar-refractivity contribution >= 4 is 17.0 Å². The van der Waals surface area contributed by atoms with Crippen molar-refractivity contribution < 1.29 is 19.0 Å². The maximum atomic E-state index is 14.4. The number of imidazole rings is 2. The maximum Gasteiger partial charge on any atom is 0.335 e. The van der Waals surface area contributed by atoms with Crippen LogP contribution in [0.4, 0.5) is 4.39 Å². The molecule has 0 aliphatic carbocycles. The molecule has 0 bridgehead atoms. The fourth-order valence-corrected chi connectivity index (χ4v) is 5.85. The van der Waals surface area contributed by atoms with E-state index < -0.39 is 11.8 Å². The number of aromatic nitrogens is 5. The number of ether oxygens (including phenoxy) is 1. The van der Waals surface area contributed by atoms with Gasteiger partial charge in [-0.25, -0.2) is 24.1 Å². The van der Waals surface area contributed by atoms with Gasteiger partial charge in [0.15, 0.2) is 0 Å². The lowest BCUT2D eigenvalue weighted by atomic mass is 9.90. The van der Waals surface area contributed by atoms with Gasteiger partial charge in [0.05, 0.1) is 53.3 Å². The summed E-state index contributed by atoms with van der Waals surface area (Å²) in [4.78, 5) is 27.8. The lowest BCUT2D eigenvalue weighted by Crippen LogP contribution is -2.33. The molecule has 44 heavy (non-hydrogen) atoms. The van der Waals surface area contributed by atoms with Gasteiger partial charge in [-0.15, -0.1) is 0 Å². The molecule has 10 nitrogen and oxygen atoms in total. The molecule has 1 aliphatic rings. The molecule has 1 aliphatic heterocycles. The summed E-state index contributed by atoms with van der Waals surface area (Å²) in [5.74, 6) is 0.163. The number of aromatic carboxylic acids is 1. The van der Waals surface area contributed by atoms with Crippen molar-refractivity contribution in [3.63, 3.8) is 0 Å². The summed E-state index contributed by atoms with van der Waals surface area (Å²) in [5, 5.41) is 18.6. The number of aryl methyl sites for hydroxylation is 1. The van der Waals surface area contributed by atoms with Gasteiger partial charge < -0.3 is 19.0 Å². The van der Waals surface area contributed by atoms with Crippen LogP contribution in [0.5, 0.6) is 5.88 Å². The molecule has 6 rings (SSSR count). The smallest absolute Gasteiger partial charge is 0.335 e. The number of carbonyl (C=O) groups is 1. The van der Waals surface area contributed by atoms with Crippen molar-refractivity contribution in [1.82, 2.24) is 29.0 Å². The Morgan fingerprint density at radius 3 is 2.75 bits per heavy atom. The molecular weight excluding hydrogens is 561 g/mol. The number of likely N-dealkylation sites (tertiary alicyclic amines) is 1. The normalized spacial score (nSPS) is 14.1. The summed E-state index contributed by atoms with van der Waals surface area (Å²) in [6.45, 7) is 5.70. The monoisotopic (exact) mass is 593 g/mol. The first-order chi connectivity index (χ1) is 21.4. The van der Waals surface area contributed by atoms with Gasteiger partial charge in [0.1, 0.15) is 18.2 Å². The molecule has 2 aromatic carbocycles. The molecule has 1 saturated heterocycles. The summed E-state index contributed by atoms with van der Waals surface area (Å²) in [5.41, 5.74) is 4.44. The fourth-order valence-electron chi connectivity index (χ4n) is 5.85. The molecule has 4 heterocycles. The number of fused-ring (bicyclic) bond motifs is 1. The Labute approximate surface area is 254 Å². The Morgan fingerprint density at radius 2 is 2.00 bits per heavy atom. The third kappa shape index (κ3) is 6.02. The number of halogens is 1. The van der Waals surface area contributed by atoms with E-state index in [1.807, 2.05) is 24.4 Å². The van der Waals surface area contributed by atoms with Gasteiger partial charge in [0.25, 0.3) is 0 Å². The van der Waals surface area contributed by atoms with E-state index in [4.69, 9.17) is 15.0 Å². The third-order valence-corrected chi connectivity index (χ3v) is 8.27. The van der Waals surface area contributed by atoms with E-state index in [-0.39, 0.29) is 23.7 Å². The van der Waals surface area contributed by atoms with E-state index in [0.717, 1.165) is 60.6 Å². The highest BCUT2D eigenvalue weighted by Gasteiger charge is 2.26. The molecule has 0 saturated carbocycles. The molecule has 11 heteroatoms. The first-order valence-corrected chi connectivity index (χ1v) is 14.6. The highest BCUT2D eigenvalue weighted by Crippen LogP contribution is 2.34. The molecule has 1 N–H and O–H groups in total. The number of hydrogen-bond donors (Lipinski definition) is 1. The molecule has 0 atom stereocenters. The summed E-state index contributed by atoms with van der Waals surface area (Å²) in [7, 11) is 0. The molecule has 0 spiro atoms. The zero-order valence-corrected chi connectivity index (χ0v) is 24.4. The zero-order chi connectivity index (χ0) is 30.6. The summed E-state index contributed by atoms with van der Waals surface area (Å²) in [6.07, 6.45) is 7.10. The molecule has 1 fully saturated rings. The van der Waals surface area contributed by atoms with E-state index in [0.29, 0.717) is 24.5 Å². The van der Waals surface area contributed by atoms with E-state index >= 15 is 0 Å². The second-order valence-corrected chi connectivity index (χ2v) is 10.9. The Balaban J connectivity index is 1.17. The standard InChI is InChI=1S/C33H32FN7O3/c1-2-40-21-36-17-26(40)18-41-30-15-24(33(42)43)7-8-29(30)38-31(41)19-39-12-9-23(10-13-39)27-4-3-11-37-32(27)44-20-25-6-5-22(16-35)14-28(25)34/h3-8,11,14-15,17,21,23H,2,9-10,12-13,18-20H2,1H3,(H,42,43). The number of piperidine rings is 1. The van der Waals surface area contributed by atoms with Crippen LogP contribution in [0.25, 0.3) is 11.0 Å². The minimum Gasteiger partial charge on any atom is -0.478 e. The van der Waals surface area contributed by atoms with Gasteiger partial charge in [-0.3, -0.25) is 4.90 Å². The van der Waals surface area contributed by atoms with Gasteiger partial charge >= 0.3 is 5.97 Å². The Hall–Kier alpha value is -5.08. The van der Waals surface area contributed by atoms with Crippen LogP contribution in [0.3, 0.4) is 0 Å². The number of rotatable bonds is 10. The first kappa shape index (κ1) is 29.0. The largest absolute Gasteiger partial charge is 0.478 e. The van der Waals surface area contributed by atoms with Crippen molar-refractivity contribution in [3.05, 3.63) is 107 Å². The quantitative estimate of drug-likeness (QED) is 0.230. The first-order valence-electron chi connectivity index (χ1n) is 14.6. The van der Waals surface area contributed by atoms with Gasteiger partial charge in [-0.2, -0.15) is 5.26 Å². The van der Waals surface area contributed by atoms with Crippen molar-refractivity contribution in [2.75, 3.05) is 13.1 Å². The van der Waals surface area contributed by atoms with Crippen LogP contribution in [-0.2, 0) is 26.2 Å². The number of carboxylic acid groups (broad SMARTS) is 1. The Bertz CT molecular complexity index is 1850. The predicted octanol–water partition coefficient (Wildman–Crippen LogP) is 5.36. The summed E-state index contributed by atoms with van der Waals surface area (Å²) >= 11 is 0. The number of benzene rings is 2. The van der Waals surface area contributed by atoms with Crippen molar-refractivity contribution in [2.24, 2.45) is 0 Å². The van der Waals surface area contributed by atoms with E-state index in [1.165, 1.54) is 6.07 Å². The number of carboxylic acids is 1. The topological polar surface area (TPSA) is 122 Å². The molecule has 0 unspecified atom stereocenters. The second kappa shape index (κ2) is 12.7.